The lowest BCUT2D eigenvalue weighted by Crippen LogP contribution is -2.48. The molecule has 0 saturated carbocycles. The Bertz CT molecular complexity index is 955. The molecule has 2 heterocycles. The van der Waals surface area contributed by atoms with E-state index < -0.39 is 43.1 Å². The molecule has 0 amide bonds. The molecule has 1 fully saturated rings. The van der Waals surface area contributed by atoms with Crippen molar-refractivity contribution >= 4 is 15.7 Å². The summed E-state index contributed by atoms with van der Waals surface area (Å²) in [6, 6.07) is 4.42. The summed E-state index contributed by atoms with van der Waals surface area (Å²) in [4.78, 5) is 13.8. The highest BCUT2D eigenvalue weighted by Crippen LogP contribution is 2.35. The lowest BCUT2D eigenvalue weighted by atomic mass is 10.1. The number of rotatable bonds is 5. The van der Waals surface area contributed by atoms with Gasteiger partial charge in [0.1, 0.15) is 0 Å². The third-order valence-corrected chi connectivity index (χ3v) is 6.15. The maximum atomic E-state index is 14.3. The van der Waals surface area contributed by atoms with E-state index in [1.54, 1.807) is 24.5 Å². The lowest BCUT2D eigenvalue weighted by Gasteiger charge is -2.35. The minimum absolute atomic E-state index is 0.128. The number of aromatic nitrogens is 1. The van der Waals surface area contributed by atoms with Gasteiger partial charge in [-0.05, 0) is 17.7 Å². The molecule has 0 radical (unpaired) electrons. The van der Waals surface area contributed by atoms with E-state index in [1.807, 2.05) is 0 Å². The summed E-state index contributed by atoms with van der Waals surface area (Å²) in [5.74, 6) is -1.72. The third kappa shape index (κ3) is 3.61. The van der Waals surface area contributed by atoms with E-state index in [0.29, 0.717) is 18.7 Å². The van der Waals surface area contributed by atoms with Crippen LogP contribution in [0.15, 0.2) is 41.6 Å². The van der Waals surface area contributed by atoms with Crippen LogP contribution < -0.4 is 10.1 Å². The quantitative estimate of drug-likeness (QED) is 0.601. The number of hydrogen-bond acceptors (Lipinski definition) is 7. The van der Waals surface area contributed by atoms with E-state index in [4.69, 9.17) is 4.74 Å². The molecular weight excluding hydrogens is 379 g/mol. The Kier molecular flexibility index (Phi) is 5.35. The number of nitrogens with one attached hydrogen (secondary N) is 1. The summed E-state index contributed by atoms with van der Waals surface area (Å²) in [6.07, 6.45) is 3.12. The van der Waals surface area contributed by atoms with Crippen molar-refractivity contribution in [2.45, 2.75) is 10.9 Å². The van der Waals surface area contributed by atoms with E-state index in [9.17, 15) is 22.9 Å². The standard InChI is InChI=1S/C16H17FN4O5S/c1-26-16-13(17)7-12(8-14(16)21(22)23)27(24,25)20-6-5-19-10-15(20)11-3-2-4-18-9-11/h2-4,7-9,15,19H,5-6,10H2,1H3. The van der Waals surface area contributed by atoms with Gasteiger partial charge in [0, 0.05) is 38.1 Å². The fourth-order valence-corrected chi connectivity index (χ4v) is 4.65. The molecule has 1 aromatic heterocycles. The second kappa shape index (κ2) is 7.55. The zero-order chi connectivity index (χ0) is 19.6. The summed E-state index contributed by atoms with van der Waals surface area (Å²) in [5.41, 5.74) is -0.0825. The average molecular weight is 396 g/mol. The van der Waals surface area contributed by atoms with Crippen molar-refractivity contribution in [1.29, 1.82) is 0 Å². The molecule has 0 spiro atoms. The van der Waals surface area contributed by atoms with E-state index in [0.717, 1.165) is 19.2 Å². The van der Waals surface area contributed by atoms with Gasteiger partial charge in [-0.3, -0.25) is 15.1 Å². The molecule has 1 unspecified atom stereocenters. The maximum absolute atomic E-state index is 14.3. The lowest BCUT2D eigenvalue weighted by molar-refractivity contribution is -0.386. The normalized spacial score (nSPS) is 18.2. The van der Waals surface area contributed by atoms with Crippen LogP contribution in [0.1, 0.15) is 11.6 Å². The number of ether oxygens (including phenoxy) is 1. The van der Waals surface area contributed by atoms with Gasteiger partial charge in [0.2, 0.25) is 15.8 Å². The molecule has 1 atom stereocenters. The van der Waals surface area contributed by atoms with Gasteiger partial charge in [0.15, 0.2) is 5.82 Å². The Morgan fingerprint density at radius 3 is 2.85 bits per heavy atom. The smallest absolute Gasteiger partial charge is 0.315 e. The Hall–Kier alpha value is -2.63. The molecule has 1 aliphatic heterocycles. The zero-order valence-electron chi connectivity index (χ0n) is 14.3. The maximum Gasteiger partial charge on any atom is 0.315 e. The molecule has 11 heteroatoms. The summed E-state index contributed by atoms with van der Waals surface area (Å²) in [6.45, 7) is 0.867. The van der Waals surface area contributed by atoms with Crippen molar-refractivity contribution in [1.82, 2.24) is 14.6 Å². The van der Waals surface area contributed by atoms with Gasteiger partial charge in [-0.15, -0.1) is 0 Å². The first-order valence-corrected chi connectivity index (χ1v) is 9.44. The second-order valence-electron chi connectivity index (χ2n) is 5.84. The minimum Gasteiger partial charge on any atom is -0.488 e. The van der Waals surface area contributed by atoms with Crippen molar-refractivity contribution in [2.24, 2.45) is 0 Å². The molecule has 2 aromatic rings. The Labute approximate surface area is 155 Å². The molecule has 1 aromatic carbocycles. The van der Waals surface area contributed by atoms with E-state index in [2.05, 4.69) is 10.3 Å². The number of halogens is 1. The van der Waals surface area contributed by atoms with Gasteiger partial charge in [-0.25, -0.2) is 12.8 Å². The van der Waals surface area contributed by atoms with Crippen molar-refractivity contribution in [3.8, 4) is 5.75 Å². The molecule has 1 aliphatic rings. The number of sulfonamides is 1. The SMILES string of the molecule is COc1c(F)cc(S(=O)(=O)N2CCNCC2c2cccnc2)cc1[N+](=O)[O-]. The van der Waals surface area contributed by atoms with Gasteiger partial charge in [-0.2, -0.15) is 4.31 Å². The molecule has 0 bridgehead atoms. The number of piperazine rings is 1. The number of hydrogen-bond donors (Lipinski definition) is 1. The number of nitro groups is 1. The van der Waals surface area contributed by atoms with Crippen molar-refractivity contribution in [2.75, 3.05) is 26.7 Å². The highest BCUT2D eigenvalue weighted by atomic mass is 32.2. The van der Waals surface area contributed by atoms with Gasteiger partial charge in [0.25, 0.3) is 0 Å². The van der Waals surface area contributed by atoms with Gasteiger partial charge in [-0.1, -0.05) is 6.07 Å². The predicted molar refractivity (Wildman–Crippen MR) is 93.3 cm³/mol. The Balaban J connectivity index is 2.08. The summed E-state index contributed by atoms with van der Waals surface area (Å²) < 4.78 is 46.4. The largest absolute Gasteiger partial charge is 0.488 e. The minimum atomic E-state index is -4.20. The van der Waals surface area contributed by atoms with Crippen LogP contribution in [0.25, 0.3) is 0 Å². The molecular formula is C16H17FN4O5S. The fraction of sp³-hybridized carbons (Fsp3) is 0.312. The topological polar surface area (TPSA) is 115 Å². The van der Waals surface area contributed by atoms with Crippen LogP contribution in [0.2, 0.25) is 0 Å². The number of nitrogens with zero attached hydrogens (tertiary/aromatic N) is 3. The summed E-state index contributed by atoms with van der Waals surface area (Å²) in [7, 11) is -3.12. The van der Waals surface area contributed by atoms with Gasteiger partial charge >= 0.3 is 5.69 Å². The average Bonchev–Trinajstić information content (AvgIpc) is 2.68. The molecule has 9 nitrogen and oxygen atoms in total. The molecule has 0 aliphatic carbocycles. The first-order valence-electron chi connectivity index (χ1n) is 8.00. The van der Waals surface area contributed by atoms with Crippen molar-refractivity contribution in [3.05, 3.63) is 58.2 Å². The summed E-state index contributed by atoms with van der Waals surface area (Å²) in [5, 5.41) is 14.3. The van der Waals surface area contributed by atoms with Crippen LogP contribution in [0.3, 0.4) is 0 Å². The first-order chi connectivity index (χ1) is 12.9. The van der Waals surface area contributed by atoms with Crippen LogP contribution in [-0.4, -0.2) is 49.4 Å². The second-order valence-corrected chi connectivity index (χ2v) is 7.73. The first kappa shape index (κ1) is 19.1. The molecule has 3 rings (SSSR count). The molecule has 144 valence electrons. The van der Waals surface area contributed by atoms with E-state index >= 15 is 0 Å². The van der Waals surface area contributed by atoms with Crippen molar-refractivity contribution in [3.63, 3.8) is 0 Å². The fourth-order valence-electron chi connectivity index (χ4n) is 3.01. The Morgan fingerprint density at radius 1 is 1.44 bits per heavy atom. The van der Waals surface area contributed by atoms with Crippen LogP contribution in [0.4, 0.5) is 10.1 Å². The van der Waals surface area contributed by atoms with E-state index in [1.165, 1.54) is 4.31 Å². The number of nitro benzene ring substituents is 1. The molecule has 1 N–H and O–H groups in total. The third-order valence-electron chi connectivity index (χ3n) is 4.27. The number of methoxy groups -OCH3 is 1. The number of benzene rings is 1. The van der Waals surface area contributed by atoms with Crippen LogP contribution in [-0.2, 0) is 10.0 Å². The zero-order valence-corrected chi connectivity index (χ0v) is 15.1. The molecule has 27 heavy (non-hydrogen) atoms. The monoisotopic (exact) mass is 396 g/mol. The predicted octanol–water partition coefficient (Wildman–Crippen LogP) is 1.47. The summed E-state index contributed by atoms with van der Waals surface area (Å²) >= 11 is 0. The Morgan fingerprint density at radius 2 is 2.22 bits per heavy atom. The highest BCUT2D eigenvalue weighted by Gasteiger charge is 2.36. The van der Waals surface area contributed by atoms with Gasteiger partial charge < -0.3 is 10.1 Å². The van der Waals surface area contributed by atoms with E-state index in [-0.39, 0.29) is 6.54 Å². The van der Waals surface area contributed by atoms with Crippen LogP contribution in [0, 0.1) is 15.9 Å². The van der Waals surface area contributed by atoms with Gasteiger partial charge in [0.05, 0.1) is 23.0 Å². The number of pyridine rings is 1. The van der Waals surface area contributed by atoms with Crippen molar-refractivity contribution < 1.29 is 22.5 Å². The molecule has 1 saturated heterocycles. The van der Waals surface area contributed by atoms with Crippen LogP contribution in [0.5, 0.6) is 5.75 Å². The highest BCUT2D eigenvalue weighted by molar-refractivity contribution is 7.89. The van der Waals surface area contributed by atoms with Crippen LogP contribution >= 0.6 is 0 Å².